The minimum absolute atomic E-state index is 0.0855. The van der Waals surface area contributed by atoms with Crippen LogP contribution in [0.15, 0.2) is 10.6 Å². The number of aryl methyl sites for hydroxylation is 1. The van der Waals surface area contributed by atoms with E-state index in [9.17, 15) is 4.79 Å². The van der Waals surface area contributed by atoms with Gasteiger partial charge in [0.15, 0.2) is 0 Å². The van der Waals surface area contributed by atoms with Gasteiger partial charge in [-0.15, -0.1) is 0 Å². The summed E-state index contributed by atoms with van der Waals surface area (Å²) in [5.74, 6) is 1.34. The van der Waals surface area contributed by atoms with Crippen LogP contribution in [0, 0.1) is 12.8 Å². The van der Waals surface area contributed by atoms with E-state index in [4.69, 9.17) is 9.26 Å². The topological polar surface area (TPSA) is 70.8 Å². The van der Waals surface area contributed by atoms with Crippen LogP contribution in [0.4, 0.5) is 4.79 Å². The summed E-state index contributed by atoms with van der Waals surface area (Å²) in [6.45, 7) is 10.8. The molecule has 7 heteroatoms. The predicted molar refractivity (Wildman–Crippen MR) is 91.7 cm³/mol. The number of hydrogen-bond donors (Lipinski definition) is 1. The van der Waals surface area contributed by atoms with Gasteiger partial charge in [-0.25, -0.2) is 4.79 Å². The van der Waals surface area contributed by atoms with Gasteiger partial charge in [0, 0.05) is 38.8 Å². The Kier molecular flexibility index (Phi) is 7.05. The summed E-state index contributed by atoms with van der Waals surface area (Å²) < 4.78 is 10.5. The number of morpholine rings is 1. The van der Waals surface area contributed by atoms with Gasteiger partial charge in [0.05, 0.1) is 19.8 Å². The standard InChI is InChI=1S/C17H30N4O3/c1-13(2)9-16(21-5-7-23-8-6-21)11-18-17(22)20(4)12-15-10-14(3)24-19-15/h10,13,16H,5-9,11-12H2,1-4H3,(H,18,22)/t16-/m0/s1. The highest BCUT2D eigenvalue weighted by molar-refractivity contribution is 5.73. The highest BCUT2D eigenvalue weighted by atomic mass is 16.5. The molecule has 2 amide bonds. The third-order valence-corrected chi connectivity index (χ3v) is 4.22. The molecule has 0 spiro atoms. The summed E-state index contributed by atoms with van der Waals surface area (Å²) in [5, 5.41) is 6.99. The Morgan fingerprint density at radius 1 is 1.42 bits per heavy atom. The van der Waals surface area contributed by atoms with E-state index in [2.05, 4.69) is 29.2 Å². The van der Waals surface area contributed by atoms with Crippen molar-refractivity contribution < 1.29 is 14.1 Å². The first-order valence-electron chi connectivity index (χ1n) is 8.68. The van der Waals surface area contributed by atoms with Crippen LogP contribution < -0.4 is 5.32 Å². The van der Waals surface area contributed by atoms with Crippen LogP contribution in [0.2, 0.25) is 0 Å². The van der Waals surface area contributed by atoms with E-state index < -0.39 is 0 Å². The second kappa shape index (κ2) is 9.03. The third kappa shape index (κ3) is 5.79. The molecule has 0 aliphatic carbocycles. The van der Waals surface area contributed by atoms with Crippen LogP contribution >= 0.6 is 0 Å². The summed E-state index contributed by atoms with van der Waals surface area (Å²) in [6.07, 6.45) is 1.06. The molecule has 1 aliphatic heterocycles. The lowest BCUT2D eigenvalue weighted by atomic mass is 10.0. The number of carbonyl (C=O) groups is 1. The van der Waals surface area contributed by atoms with Crippen molar-refractivity contribution in [3.05, 3.63) is 17.5 Å². The molecule has 1 N–H and O–H groups in total. The molecule has 0 radical (unpaired) electrons. The number of urea groups is 1. The largest absolute Gasteiger partial charge is 0.379 e. The molecule has 2 heterocycles. The SMILES string of the molecule is Cc1cc(CN(C)C(=O)NC[C@H](CC(C)C)N2CCOCC2)no1. The molecule has 2 rings (SSSR count). The smallest absolute Gasteiger partial charge is 0.317 e. The zero-order chi connectivity index (χ0) is 17.5. The van der Waals surface area contributed by atoms with Gasteiger partial charge < -0.3 is 19.5 Å². The van der Waals surface area contributed by atoms with E-state index in [0.717, 1.165) is 44.2 Å². The second-order valence-corrected chi connectivity index (χ2v) is 6.90. The summed E-state index contributed by atoms with van der Waals surface area (Å²) in [5.41, 5.74) is 0.761. The van der Waals surface area contributed by atoms with Crippen molar-refractivity contribution >= 4 is 6.03 Å². The molecular formula is C17H30N4O3. The van der Waals surface area contributed by atoms with Gasteiger partial charge in [0.25, 0.3) is 0 Å². The molecule has 0 bridgehead atoms. The molecule has 0 unspecified atom stereocenters. The fraction of sp³-hybridized carbons (Fsp3) is 0.765. The van der Waals surface area contributed by atoms with E-state index >= 15 is 0 Å². The maximum atomic E-state index is 12.3. The summed E-state index contributed by atoms with van der Waals surface area (Å²) in [4.78, 5) is 16.4. The number of nitrogens with zero attached hydrogens (tertiary/aromatic N) is 3. The summed E-state index contributed by atoms with van der Waals surface area (Å²) >= 11 is 0. The highest BCUT2D eigenvalue weighted by Gasteiger charge is 2.23. The van der Waals surface area contributed by atoms with Crippen LogP contribution in [0.25, 0.3) is 0 Å². The molecule has 1 atom stereocenters. The lowest BCUT2D eigenvalue weighted by molar-refractivity contribution is 0.0127. The molecule has 0 saturated carbocycles. The summed E-state index contributed by atoms with van der Waals surface area (Å²) in [7, 11) is 1.77. The van der Waals surface area contributed by atoms with Gasteiger partial charge in [-0.1, -0.05) is 19.0 Å². The fourth-order valence-electron chi connectivity index (χ4n) is 3.00. The Morgan fingerprint density at radius 2 is 2.12 bits per heavy atom. The van der Waals surface area contributed by atoms with Gasteiger partial charge in [-0.2, -0.15) is 0 Å². The predicted octanol–water partition coefficient (Wildman–Crippen LogP) is 1.87. The lowest BCUT2D eigenvalue weighted by Gasteiger charge is -2.35. The van der Waals surface area contributed by atoms with Crippen molar-refractivity contribution in [3.8, 4) is 0 Å². The highest BCUT2D eigenvalue weighted by Crippen LogP contribution is 2.13. The van der Waals surface area contributed by atoms with Crippen LogP contribution in [-0.2, 0) is 11.3 Å². The maximum absolute atomic E-state index is 12.3. The average Bonchev–Trinajstić information content (AvgIpc) is 2.96. The lowest BCUT2D eigenvalue weighted by Crippen LogP contribution is -2.50. The van der Waals surface area contributed by atoms with Gasteiger partial charge in [-0.3, -0.25) is 4.90 Å². The number of aromatic nitrogens is 1. The number of hydrogen-bond acceptors (Lipinski definition) is 5. The Bertz CT molecular complexity index is 512. The monoisotopic (exact) mass is 338 g/mol. The molecule has 1 saturated heterocycles. The summed E-state index contributed by atoms with van der Waals surface area (Å²) in [6, 6.07) is 2.11. The molecule has 1 aliphatic rings. The Labute approximate surface area is 144 Å². The number of amides is 2. The van der Waals surface area contributed by atoms with Crippen LogP contribution in [-0.4, -0.2) is 66.9 Å². The first kappa shape index (κ1) is 18.7. The Morgan fingerprint density at radius 3 is 2.71 bits per heavy atom. The number of nitrogens with one attached hydrogen (secondary N) is 1. The first-order chi connectivity index (χ1) is 11.5. The molecule has 1 fully saturated rings. The molecule has 24 heavy (non-hydrogen) atoms. The minimum Gasteiger partial charge on any atom is -0.379 e. The molecule has 0 aromatic carbocycles. The molecular weight excluding hydrogens is 308 g/mol. The van der Waals surface area contributed by atoms with E-state index in [-0.39, 0.29) is 6.03 Å². The number of ether oxygens (including phenoxy) is 1. The van der Waals surface area contributed by atoms with E-state index in [1.54, 1.807) is 11.9 Å². The zero-order valence-corrected chi connectivity index (χ0v) is 15.2. The fourth-order valence-corrected chi connectivity index (χ4v) is 3.00. The molecule has 7 nitrogen and oxygen atoms in total. The van der Waals surface area contributed by atoms with Crippen molar-refractivity contribution in [1.82, 2.24) is 20.3 Å². The van der Waals surface area contributed by atoms with E-state index in [0.29, 0.717) is 25.0 Å². The van der Waals surface area contributed by atoms with Gasteiger partial charge in [-0.05, 0) is 19.3 Å². The third-order valence-electron chi connectivity index (χ3n) is 4.22. The van der Waals surface area contributed by atoms with Crippen molar-refractivity contribution in [2.45, 2.75) is 39.8 Å². The van der Waals surface area contributed by atoms with Gasteiger partial charge in [0.1, 0.15) is 11.5 Å². The van der Waals surface area contributed by atoms with Crippen LogP contribution in [0.5, 0.6) is 0 Å². The minimum atomic E-state index is -0.0855. The van der Waals surface area contributed by atoms with Crippen LogP contribution in [0.1, 0.15) is 31.7 Å². The molecule has 1 aromatic rings. The number of rotatable bonds is 7. The second-order valence-electron chi connectivity index (χ2n) is 6.90. The van der Waals surface area contributed by atoms with Crippen molar-refractivity contribution in [1.29, 1.82) is 0 Å². The van der Waals surface area contributed by atoms with Crippen LogP contribution in [0.3, 0.4) is 0 Å². The van der Waals surface area contributed by atoms with Gasteiger partial charge >= 0.3 is 6.03 Å². The normalized spacial score (nSPS) is 17.0. The maximum Gasteiger partial charge on any atom is 0.317 e. The Hall–Kier alpha value is -1.60. The Balaban J connectivity index is 1.83. The average molecular weight is 338 g/mol. The molecule has 1 aromatic heterocycles. The van der Waals surface area contributed by atoms with E-state index in [1.165, 1.54) is 0 Å². The van der Waals surface area contributed by atoms with Crippen molar-refractivity contribution in [2.75, 3.05) is 39.9 Å². The zero-order valence-electron chi connectivity index (χ0n) is 15.2. The first-order valence-corrected chi connectivity index (χ1v) is 8.68. The van der Waals surface area contributed by atoms with Crippen molar-refractivity contribution in [2.24, 2.45) is 5.92 Å². The quantitative estimate of drug-likeness (QED) is 0.822. The number of carbonyl (C=O) groups excluding carboxylic acids is 1. The van der Waals surface area contributed by atoms with Crippen molar-refractivity contribution in [3.63, 3.8) is 0 Å². The molecule has 136 valence electrons. The van der Waals surface area contributed by atoms with Gasteiger partial charge in [0.2, 0.25) is 0 Å². The van der Waals surface area contributed by atoms with E-state index in [1.807, 2.05) is 13.0 Å².